The quantitative estimate of drug-likeness (QED) is 0.775. The van der Waals surface area contributed by atoms with Crippen molar-refractivity contribution < 1.29 is 9.13 Å². The molecule has 0 N–H and O–H groups in total. The maximum absolute atomic E-state index is 14.0. The molecular formula is C17H19FO. The maximum atomic E-state index is 14.0. The summed E-state index contributed by atoms with van der Waals surface area (Å²) < 4.78 is 19.6. The average Bonchev–Trinajstić information content (AvgIpc) is 2.36. The fraction of sp³-hybridized carbons (Fsp3) is 0.294. The molecule has 0 aliphatic heterocycles. The number of rotatable bonds is 3. The van der Waals surface area contributed by atoms with Crippen molar-refractivity contribution in [2.45, 2.75) is 32.8 Å². The predicted octanol–water partition coefficient (Wildman–Crippen LogP) is 4.70. The minimum absolute atomic E-state index is 0.192. The number of hydrogen-bond acceptors (Lipinski definition) is 1. The van der Waals surface area contributed by atoms with E-state index in [1.165, 1.54) is 6.07 Å². The summed E-state index contributed by atoms with van der Waals surface area (Å²) in [6.07, 6.45) is 0. The van der Waals surface area contributed by atoms with Crippen LogP contribution in [0.3, 0.4) is 0 Å². The van der Waals surface area contributed by atoms with Gasteiger partial charge in [0.15, 0.2) is 0 Å². The van der Waals surface area contributed by atoms with Gasteiger partial charge in [-0.3, -0.25) is 0 Å². The molecule has 0 aromatic heterocycles. The number of ether oxygens (including phenoxy) is 1. The van der Waals surface area contributed by atoms with E-state index in [9.17, 15) is 4.39 Å². The van der Waals surface area contributed by atoms with Crippen molar-refractivity contribution in [2.75, 3.05) is 0 Å². The Bertz CT molecular complexity index is 541. The molecule has 0 spiro atoms. The van der Waals surface area contributed by atoms with Crippen LogP contribution in [-0.4, -0.2) is 0 Å². The summed E-state index contributed by atoms with van der Waals surface area (Å²) in [5.74, 6) is 0.354. The van der Waals surface area contributed by atoms with Gasteiger partial charge in [0.2, 0.25) is 0 Å². The van der Waals surface area contributed by atoms with Crippen LogP contribution in [0.2, 0.25) is 0 Å². The van der Waals surface area contributed by atoms with E-state index in [0.29, 0.717) is 17.9 Å². The average molecular weight is 258 g/mol. The molecular weight excluding hydrogens is 239 g/mol. The van der Waals surface area contributed by atoms with Crippen molar-refractivity contribution in [1.29, 1.82) is 0 Å². The van der Waals surface area contributed by atoms with Gasteiger partial charge in [0.25, 0.3) is 0 Å². The summed E-state index contributed by atoms with van der Waals surface area (Å²) in [6.45, 7) is 6.44. The molecule has 1 nitrogen and oxygen atoms in total. The van der Waals surface area contributed by atoms with Crippen molar-refractivity contribution >= 4 is 0 Å². The second kappa shape index (κ2) is 5.43. The Hall–Kier alpha value is -1.83. The third-order valence-electron chi connectivity index (χ3n) is 3.00. The van der Waals surface area contributed by atoms with Crippen LogP contribution in [0.1, 0.15) is 31.9 Å². The minimum atomic E-state index is -0.210. The molecule has 0 aliphatic rings. The molecule has 19 heavy (non-hydrogen) atoms. The van der Waals surface area contributed by atoms with Crippen LogP contribution in [0.15, 0.2) is 48.5 Å². The normalized spacial score (nSPS) is 11.4. The Morgan fingerprint density at radius 3 is 2.26 bits per heavy atom. The molecule has 0 saturated heterocycles. The highest BCUT2D eigenvalue weighted by atomic mass is 19.1. The highest BCUT2D eigenvalue weighted by Crippen LogP contribution is 2.27. The summed E-state index contributed by atoms with van der Waals surface area (Å²) in [5.41, 5.74) is 1.59. The second-order valence-corrected chi connectivity index (χ2v) is 5.67. The molecule has 0 amide bonds. The molecule has 0 atom stereocenters. The molecule has 2 rings (SSSR count). The predicted molar refractivity (Wildman–Crippen MR) is 75.9 cm³/mol. The smallest absolute Gasteiger partial charge is 0.130 e. The lowest BCUT2D eigenvalue weighted by Crippen LogP contribution is -2.13. The Kier molecular flexibility index (Phi) is 3.89. The van der Waals surface area contributed by atoms with Crippen LogP contribution < -0.4 is 4.74 Å². The minimum Gasteiger partial charge on any atom is -0.489 e. The molecule has 0 fully saturated rings. The van der Waals surface area contributed by atoms with Gasteiger partial charge < -0.3 is 4.74 Å². The van der Waals surface area contributed by atoms with E-state index in [2.05, 4.69) is 0 Å². The zero-order valence-corrected chi connectivity index (χ0v) is 11.6. The summed E-state index contributed by atoms with van der Waals surface area (Å²) in [5, 5.41) is 0. The number of halogens is 1. The number of benzene rings is 2. The van der Waals surface area contributed by atoms with Gasteiger partial charge in [0.05, 0.1) is 0 Å². The first-order valence-electron chi connectivity index (χ1n) is 6.43. The van der Waals surface area contributed by atoms with Crippen molar-refractivity contribution in [3.05, 3.63) is 65.5 Å². The highest BCUT2D eigenvalue weighted by molar-refractivity contribution is 5.33. The highest BCUT2D eigenvalue weighted by Gasteiger charge is 2.18. The fourth-order valence-corrected chi connectivity index (χ4v) is 1.93. The standard InChI is InChI=1S/C17H19FO/c1-17(2,3)15-10-9-14(11-16(15)18)19-12-13-7-5-4-6-8-13/h4-11H,12H2,1-3H3. The van der Waals surface area contributed by atoms with Crippen LogP contribution in [-0.2, 0) is 12.0 Å². The largest absolute Gasteiger partial charge is 0.489 e. The van der Waals surface area contributed by atoms with E-state index < -0.39 is 0 Å². The van der Waals surface area contributed by atoms with E-state index >= 15 is 0 Å². The van der Waals surface area contributed by atoms with Gasteiger partial charge in [-0.25, -0.2) is 4.39 Å². The lowest BCUT2D eigenvalue weighted by atomic mass is 9.87. The van der Waals surface area contributed by atoms with Crippen LogP contribution in [0.5, 0.6) is 5.75 Å². The Morgan fingerprint density at radius 2 is 1.68 bits per heavy atom. The fourth-order valence-electron chi connectivity index (χ4n) is 1.93. The van der Waals surface area contributed by atoms with E-state index in [1.54, 1.807) is 6.07 Å². The Labute approximate surface area is 114 Å². The molecule has 0 saturated carbocycles. The Balaban J connectivity index is 2.09. The van der Waals surface area contributed by atoms with Gasteiger partial charge in [0, 0.05) is 6.07 Å². The Morgan fingerprint density at radius 1 is 1.00 bits per heavy atom. The lowest BCUT2D eigenvalue weighted by Gasteiger charge is -2.20. The molecule has 0 radical (unpaired) electrons. The monoisotopic (exact) mass is 258 g/mol. The third-order valence-corrected chi connectivity index (χ3v) is 3.00. The van der Waals surface area contributed by atoms with Gasteiger partial charge in [-0.15, -0.1) is 0 Å². The van der Waals surface area contributed by atoms with Crippen molar-refractivity contribution in [1.82, 2.24) is 0 Å². The van der Waals surface area contributed by atoms with Gasteiger partial charge in [0.1, 0.15) is 18.2 Å². The summed E-state index contributed by atoms with van der Waals surface area (Å²) in [7, 11) is 0. The van der Waals surface area contributed by atoms with Gasteiger partial charge in [-0.2, -0.15) is 0 Å². The molecule has 0 bridgehead atoms. The topological polar surface area (TPSA) is 9.23 Å². The first kappa shape index (κ1) is 13.6. The van der Waals surface area contributed by atoms with E-state index in [0.717, 1.165) is 5.56 Å². The molecule has 2 aromatic carbocycles. The van der Waals surface area contributed by atoms with Crippen LogP contribution >= 0.6 is 0 Å². The van der Waals surface area contributed by atoms with Crippen molar-refractivity contribution in [3.8, 4) is 5.75 Å². The van der Waals surface area contributed by atoms with Crippen LogP contribution in [0, 0.1) is 5.82 Å². The molecule has 0 unspecified atom stereocenters. The first-order valence-corrected chi connectivity index (χ1v) is 6.43. The molecule has 0 heterocycles. The number of hydrogen-bond donors (Lipinski definition) is 0. The summed E-state index contributed by atoms with van der Waals surface area (Å²) in [6, 6.07) is 14.9. The molecule has 2 heteroatoms. The van der Waals surface area contributed by atoms with Crippen LogP contribution in [0.25, 0.3) is 0 Å². The first-order chi connectivity index (χ1) is 8.97. The van der Waals surface area contributed by atoms with Crippen molar-refractivity contribution in [3.63, 3.8) is 0 Å². The van der Waals surface area contributed by atoms with E-state index in [-0.39, 0.29) is 11.2 Å². The van der Waals surface area contributed by atoms with Gasteiger partial charge >= 0.3 is 0 Å². The molecule has 2 aromatic rings. The second-order valence-electron chi connectivity index (χ2n) is 5.67. The zero-order chi connectivity index (χ0) is 13.9. The van der Waals surface area contributed by atoms with Gasteiger partial charge in [-0.05, 0) is 22.6 Å². The van der Waals surface area contributed by atoms with E-state index in [1.807, 2.05) is 57.2 Å². The van der Waals surface area contributed by atoms with Crippen LogP contribution in [0.4, 0.5) is 4.39 Å². The summed E-state index contributed by atoms with van der Waals surface area (Å²) >= 11 is 0. The third kappa shape index (κ3) is 3.57. The molecule has 0 aliphatic carbocycles. The molecule has 100 valence electrons. The maximum Gasteiger partial charge on any atom is 0.130 e. The summed E-state index contributed by atoms with van der Waals surface area (Å²) in [4.78, 5) is 0. The lowest BCUT2D eigenvalue weighted by molar-refractivity contribution is 0.304. The van der Waals surface area contributed by atoms with E-state index in [4.69, 9.17) is 4.74 Å². The van der Waals surface area contributed by atoms with Crippen molar-refractivity contribution in [2.24, 2.45) is 0 Å². The SMILES string of the molecule is CC(C)(C)c1ccc(OCc2ccccc2)cc1F. The zero-order valence-electron chi connectivity index (χ0n) is 11.6. The van der Waals surface area contributed by atoms with Gasteiger partial charge in [-0.1, -0.05) is 57.2 Å².